The maximum atomic E-state index is 5.88. The molecule has 0 fully saturated rings. The van der Waals surface area contributed by atoms with Gasteiger partial charge in [-0.05, 0) is 37.9 Å². The monoisotopic (exact) mass is 272 g/mol. The van der Waals surface area contributed by atoms with Gasteiger partial charge in [-0.2, -0.15) is 0 Å². The number of aromatic nitrogens is 1. The molecule has 0 aliphatic rings. The van der Waals surface area contributed by atoms with Crippen LogP contribution in [0.1, 0.15) is 38.1 Å². The second kappa shape index (κ2) is 7.85. The summed E-state index contributed by atoms with van der Waals surface area (Å²) in [6.45, 7) is 6.45. The molecule has 108 valence electrons. The first-order valence-corrected chi connectivity index (χ1v) is 7.58. The first-order valence-electron chi connectivity index (χ1n) is 7.58. The maximum Gasteiger partial charge on any atom is 0.194 e. The Kier molecular flexibility index (Phi) is 5.81. The van der Waals surface area contributed by atoms with Crippen LogP contribution in [-0.4, -0.2) is 18.1 Å². The molecule has 3 heteroatoms. The molecule has 1 aromatic heterocycles. The van der Waals surface area contributed by atoms with E-state index < -0.39 is 0 Å². The zero-order chi connectivity index (χ0) is 14.2. The molecule has 20 heavy (non-hydrogen) atoms. The summed E-state index contributed by atoms with van der Waals surface area (Å²) in [5.74, 6) is 1.73. The summed E-state index contributed by atoms with van der Waals surface area (Å²) in [7, 11) is 0. The van der Waals surface area contributed by atoms with E-state index in [1.165, 1.54) is 12.0 Å². The summed E-state index contributed by atoms with van der Waals surface area (Å²) in [4.78, 5) is 4.39. The topological polar surface area (TPSA) is 38.1 Å². The summed E-state index contributed by atoms with van der Waals surface area (Å²) in [6, 6.07) is 8.36. The van der Waals surface area contributed by atoms with Gasteiger partial charge in [0.2, 0.25) is 0 Å². The Bertz CT molecular complexity index is 519. The number of nitrogens with one attached hydrogen (secondary N) is 1. The second-order valence-electron chi connectivity index (χ2n) is 4.98. The van der Waals surface area contributed by atoms with Crippen molar-refractivity contribution < 1.29 is 4.42 Å². The number of benzene rings is 1. The van der Waals surface area contributed by atoms with Crippen LogP contribution in [0.4, 0.5) is 0 Å². The minimum absolute atomic E-state index is 0.837. The van der Waals surface area contributed by atoms with E-state index in [0.717, 1.165) is 49.6 Å². The third-order valence-corrected chi connectivity index (χ3v) is 3.39. The highest BCUT2D eigenvalue weighted by molar-refractivity contribution is 5.61. The highest BCUT2D eigenvalue weighted by Crippen LogP contribution is 2.25. The SMILES string of the molecule is CCCNCCCc1ncc(-c2ccccc2CC)o1. The molecule has 1 aromatic carbocycles. The average molecular weight is 272 g/mol. The van der Waals surface area contributed by atoms with Crippen LogP contribution < -0.4 is 5.32 Å². The molecule has 0 bridgehead atoms. The van der Waals surface area contributed by atoms with Crippen LogP contribution in [0.2, 0.25) is 0 Å². The van der Waals surface area contributed by atoms with Gasteiger partial charge in [0.1, 0.15) is 0 Å². The van der Waals surface area contributed by atoms with Gasteiger partial charge in [-0.25, -0.2) is 4.98 Å². The summed E-state index contributed by atoms with van der Waals surface area (Å²) >= 11 is 0. The quantitative estimate of drug-likeness (QED) is 0.742. The summed E-state index contributed by atoms with van der Waals surface area (Å²) < 4.78 is 5.88. The Balaban J connectivity index is 1.95. The summed E-state index contributed by atoms with van der Waals surface area (Å²) in [6.07, 6.45) is 5.99. The smallest absolute Gasteiger partial charge is 0.194 e. The third kappa shape index (κ3) is 3.94. The van der Waals surface area contributed by atoms with E-state index in [0.29, 0.717) is 0 Å². The fraction of sp³-hybridized carbons (Fsp3) is 0.471. The second-order valence-corrected chi connectivity index (χ2v) is 4.98. The lowest BCUT2D eigenvalue weighted by atomic mass is 10.0. The van der Waals surface area contributed by atoms with Crippen molar-refractivity contribution in [1.29, 1.82) is 0 Å². The number of aryl methyl sites for hydroxylation is 2. The lowest BCUT2D eigenvalue weighted by molar-refractivity contribution is 0.491. The molecule has 2 aromatic rings. The van der Waals surface area contributed by atoms with Gasteiger partial charge in [0.25, 0.3) is 0 Å². The molecule has 0 aliphatic carbocycles. The molecule has 0 amide bonds. The van der Waals surface area contributed by atoms with Crippen molar-refractivity contribution in [3.63, 3.8) is 0 Å². The molecule has 0 atom stereocenters. The van der Waals surface area contributed by atoms with Gasteiger partial charge in [-0.15, -0.1) is 0 Å². The minimum atomic E-state index is 0.837. The van der Waals surface area contributed by atoms with Crippen molar-refractivity contribution in [3.8, 4) is 11.3 Å². The van der Waals surface area contributed by atoms with Crippen LogP contribution in [0.5, 0.6) is 0 Å². The van der Waals surface area contributed by atoms with Crippen LogP contribution >= 0.6 is 0 Å². The molecule has 0 spiro atoms. The predicted molar refractivity (Wildman–Crippen MR) is 82.8 cm³/mol. The highest BCUT2D eigenvalue weighted by atomic mass is 16.4. The zero-order valence-corrected chi connectivity index (χ0v) is 12.5. The fourth-order valence-corrected chi connectivity index (χ4v) is 2.29. The van der Waals surface area contributed by atoms with Gasteiger partial charge >= 0.3 is 0 Å². The molecule has 0 saturated heterocycles. The lowest BCUT2D eigenvalue weighted by Gasteiger charge is -2.03. The molecule has 3 nitrogen and oxygen atoms in total. The molecule has 1 heterocycles. The van der Waals surface area contributed by atoms with E-state index in [4.69, 9.17) is 4.42 Å². The molecule has 2 rings (SSSR count). The van der Waals surface area contributed by atoms with Crippen molar-refractivity contribution in [2.45, 2.75) is 39.5 Å². The van der Waals surface area contributed by atoms with Gasteiger partial charge in [0.05, 0.1) is 6.20 Å². The van der Waals surface area contributed by atoms with Gasteiger partial charge in [-0.1, -0.05) is 38.1 Å². The minimum Gasteiger partial charge on any atom is -0.441 e. The van der Waals surface area contributed by atoms with Crippen LogP contribution in [0.3, 0.4) is 0 Å². The maximum absolute atomic E-state index is 5.88. The van der Waals surface area contributed by atoms with E-state index >= 15 is 0 Å². The third-order valence-electron chi connectivity index (χ3n) is 3.39. The van der Waals surface area contributed by atoms with Gasteiger partial charge in [-0.3, -0.25) is 0 Å². The number of nitrogens with zero attached hydrogens (tertiary/aromatic N) is 1. The molecule has 0 radical (unpaired) electrons. The van der Waals surface area contributed by atoms with Crippen LogP contribution in [0, 0.1) is 0 Å². The summed E-state index contributed by atoms with van der Waals surface area (Å²) in [5, 5.41) is 3.39. The standard InChI is InChI=1S/C17H24N2O/c1-3-11-18-12-7-10-17-19-13-16(20-17)15-9-6-5-8-14(15)4-2/h5-6,8-9,13,18H,3-4,7,10-12H2,1-2H3. The Morgan fingerprint density at radius 1 is 1.15 bits per heavy atom. The van der Waals surface area contributed by atoms with Gasteiger partial charge in [0.15, 0.2) is 11.7 Å². The lowest BCUT2D eigenvalue weighted by Crippen LogP contribution is -2.16. The first-order chi connectivity index (χ1) is 9.85. The Morgan fingerprint density at radius 3 is 2.80 bits per heavy atom. The normalized spacial score (nSPS) is 10.9. The van der Waals surface area contributed by atoms with Crippen LogP contribution in [0.15, 0.2) is 34.9 Å². The first kappa shape index (κ1) is 14.8. The van der Waals surface area contributed by atoms with E-state index in [1.54, 1.807) is 0 Å². The van der Waals surface area contributed by atoms with E-state index in [-0.39, 0.29) is 0 Å². The molecule has 0 unspecified atom stereocenters. The van der Waals surface area contributed by atoms with Crippen molar-refractivity contribution in [1.82, 2.24) is 10.3 Å². The predicted octanol–water partition coefficient (Wildman–Crippen LogP) is 3.84. The largest absolute Gasteiger partial charge is 0.441 e. The van der Waals surface area contributed by atoms with Crippen molar-refractivity contribution in [2.24, 2.45) is 0 Å². The van der Waals surface area contributed by atoms with Crippen LogP contribution in [-0.2, 0) is 12.8 Å². The molecule has 0 aliphatic heterocycles. The van der Waals surface area contributed by atoms with E-state index in [9.17, 15) is 0 Å². The van der Waals surface area contributed by atoms with E-state index in [2.05, 4.69) is 42.3 Å². The molecule has 0 saturated carbocycles. The number of hydrogen-bond acceptors (Lipinski definition) is 3. The average Bonchev–Trinajstić information content (AvgIpc) is 2.95. The number of hydrogen-bond donors (Lipinski definition) is 1. The number of rotatable bonds is 8. The molecular weight excluding hydrogens is 248 g/mol. The van der Waals surface area contributed by atoms with Gasteiger partial charge < -0.3 is 9.73 Å². The van der Waals surface area contributed by atoms with Gasteiger partial charge in [0, 0.05) is 12.0 Å². The summed E-state index contributed by atoms with van der Waals surface area (Å²) in [5.41, 5.74) is 2.47. The highest BCUT2D eigenvalue weighted by Gasteiger charge is 2.09. The Labute approximate surface area is 121 Å². The van der Waals surface area contributed by atoms with Crippen LogP contribution in [0.25, 0.3) is 11.3 Å². The zero-order valence-electron chi connectivity index (χ0n) is 12.5. The van der Waals surface area contributed by atoms with Crippen molar-refractivity contribution in [3.05, 3.63) is 41.9 Å². The van der Waals surface area contributed by atoms with E-state index in [1.807, 2.05) is 12.3 Å². The molecule has 1 N–H and O–H groups in total. The molecular formula is C17H24N2O. The fourth-order valence-electron chi connectivity index (χ4n) is 2.29. The van der Waals surface area contributed by atoms with Crippen molar-refractivity contribution >= 4 is 0 Å². The number of oxazole rings is 1. The Hall–Kier alpha value is -1.61. The Morgan fingerprint density at radius 2 is 2.00 bits per heavy atom. The van der Waals surface area contributed by atoms with Crippen molar-refractivity contribution in [2.75, 3.05) is 13.1 Å².